The molecule has 0 saturated carbocycles. The summed E-state index contributed by atoms with van der Waals surface area (Å²) in [5.41, 5.74) is 0.917. The third kappa shape index (κ3) is 3.12. The van der Waals surface area contributed by atoms with Crippen LogP contribution in [0.3, 0.4) is 0 Å². The van der Waals surface area contributed by atoms with Crippen molar-refractivity contribution in [3.05, 3.63) is 16.1 Å². The summed E-state index contributed by atoms with van der Waals surface area (Å²) in [6.07, 6.45) is 1.30. The van der Waals surface area contributed by atoms with E-state index in [-0.39, 0.29) is 6.42 Å². The molecule has 0 unspecified atom stereocenters. The average Bonchev–Trinajstić information content (AvgIpc) is 2.39. The summed E-state index contributed by atoms with van der Waals surface area (Å²) in [5, 5.41) is 8.68. The van der Waals surface area contributed by atoms with Crippen molar-refractivity contribution in [3.8, 4) is 17.2 Å². The fourth-order valence-electron chi connectivity index (χ4n) is 2.02. The van der Waals surface area contributed by atoms with Gasteiger partial charge in [-0.15, -0.1) is 0 Å². The fourth-order valence-corrected chi connectivity index (χ4v) is 2.74. The Morgan fingerprint density at radius 1 is 1.47 bits per heavy atom. The first-order chi connectivity index (χ1) is 9.13. The Kier molecular flexibility index (Phi) is 4.52. The number of aliphatic carboxylic acids is 1. The first kappa shape index (κ1) is 14.0. The summed E-state index contributed by atoms with van der Waals surface area (Å²) in [6.45, 7) is 1.02. The predicted octanol–water partition coefficient (Wildman–Crippen LogP) is 2.64. The summed E-state index contributed by atoms with van der Waals surface area (Å²) in [5.74, 6) is 1.19. The second-order valence-electron chi connectivity index (χ2n) is 4.15. The van der Waals surface area contributed by atoms with Gasteiger partial charge < -0.3 is 19.3 Å². The molecule has 0 aliphatic carbocycles. The summed E-state index contributed by atoms with van der Waals surface area (Å²) < 4.78 is 17.2. The molecule has 0 saturated heterocycles. The van der Waals surface area contributed by atoms with Crippen LogP contribution >= 0.6 is 15.9 Å². The molecule has 1 aromatic rings. The monoisotopic (exact) mass is 330 g/mol. The highest BCUT2D eigenvalue weighted by molar-refractivity contribution is 9.10. The molecule has 0 spiro atoms. The van der Waals surface area contributed by atoms with E-state index in [0.29, 0.717) is 43.3 Å². The first-order valence-corrected chi connectivity index (χ1v) is 6.79. The zero-order valence-electron chi connectivity index (χ0n) is 10.6. The van der Waals surface area contributed by atoms with Crippen molar-refractivity contribution in [1.29, 1.82) is 0 Å². The lowest BCUT2D eigenvalue weighted by atomic mass is 10.1. The van der Waals surface area contributed by atoms with Crippen LogP contribution in [0.4, 0.5) is 0 Å². The smallest absolute Gasteiger partial charge is 0.303 e. The number of hydrogen-bond acceptors (Lipinski definition) is 4. The number of carboxylic acids is 1. The van der Waals surface area contributed by atoms with Crippen LogP contribution in [0.25, 0.3) is 0 Å². The molecular weight excluding hydrogens is 316 g/mol. The van der Waals surface area contributed by atoms with E-state index in [1.807, 2.05) is 6.07 Å². The number of hydrogen-bond donors (Lipinski definition) is 1. The van der Waals surface area contributed by atoms with Gasteiger partial charge in [0.25, 0.3) is 0 Å². The van der Waals surface area contributed by atoms with Crippen molar-refractivity contribution < 1.29 is 24.1 Å². The SMILES string of the molecule is COc1c(CCCC(=O)O)cc2c(c1Br)OCCO2. The number of rotatable bonds is 5. The Bertz CT molecular complexity index is 486. The van der Waals surface area contributed by atoms with Gasteiger partial charge in [0.2, 0.25) is 0 Å². The number of ether oxygens (including phenoxy) is 3. The predicted molar refractivity (Wildman–Crippen MR) is 72.3 cm³/mol. The minimum Gasteiger partial charge on any atom is -0.495 e. The lowest BCUT2D eigenvalue weighted by Gasteiger charge is -2.22. The van der Waals surface area contributed by atoms with Crippen LogP contribution in [-0.2, 0) is 11.2 Å². The van der Waals surface area contributed by atoms with E-state index in [4.69, 9.17) is 19.3 Å². The van der Waals surface area contributed by atoms with Crippen LogP contribution in [0.2, 0.25) is 0 Å². The number of carbonyl (C=O) groups is 1. The van der Waals surface area contributed by atoms with Gasteiger partial charge in [0, 0.05) is 6.42 Å². The lowest BCUT2D eigenvalue weighted by Crippen LogP contribution is -2.16. The van der Waals surface area contributed by atoms with Crippen LogP contribution in [0.15, 0.2) is 10.5 Å². The Morgan fingerprint density at radius 3 is 2.89 bits per heavy atom. The van der Waals surface area contributed by atoms with Crippen molar-refractivity contribution in [2.24, 2.45) is 0 Å². The summed E-state index contributed by atoms with van der Waals surface area (Å²) in [6, 6.07) is 1.86. The van der Waals surface area contributed by atoms with Crippen molar-refractivity contribution in [1.82, 2.24) is 0 Å². The van der Waals surface area contributed by atoms with Crippen LogP contribution < -0.4 is 14.2 Å². The molecule has 104 valence electrons. The molecule has 0 amide bonds. The molecule has 19 heavy (non-hydrogen) atoms. The number of benzene rings is 1. The molecule has 1 aromatic carbocycles. The van der Waals surface area contributed by atoms with Crippen molar-refractivity contribution in [2.75, 3.05) is 20.3 Å². The van der Waals surface area contributed by atoms with Gasteiger partial charge in [0.15, 0.2) is 11.5 Å². The van der Waals surface area contributed by atoms with E-state index in [1.165, 1.54) is 0 Å². The lowest BCUT2D eigenvalue weighted by molar-refractivity contribution is -0.137. The van der Waals surface area contributed by atoms with Gasteiger partial charge in [0.05, 0.1) is 7.11 Å². The van der Waals surface area contributed by atoms with Crippen LogP contribution in [-0.4, -0.2) is 31.4 Å². The maximum absolute atomic E-state index is 10.6. The molecule has 2 rings (SSSR count). The number of carboxylic acid groups (broad SMARTS) is 1. The molecular formula is C13H15BrO5. The third-order valence-electron chi connectivity index (χ3n) is 2.85. The van der Waals surface area contributed by atoms with E-state index >= 15 is 0 Å². The minimum absolute atomic E-state index is 0.134. The number of aryl methyl sites for hydroxylation is 1. The molecule has 0 radical (unpaired) electrons. The number of halogens is 1. The topological polar surface area (TPSA) is 65.0 Å². The zero-order chi connectivity index (χ0) is 13.8. The number of fused-ring (bicyclic) bond motifs is 1. The summed E-state index contributed by atoms with van der Waals surface area (Å²) in [7, 11) is 1.58. The molecule has 1 N–H and O–H groups in total. The van der Waals surface area contributed by atoms with E-state index in [9.17, 15) is 4.79 Å². The highest BCUT2D eigenvalue weighted by Crippen LogP contribution is 2.45. The maximum atomic E-state index is 10.6. The van der Waals surface area contributed by atoms with E-state index in [2.05, 4.69) is 15.9 Å². The molecule has 1 aliphatic heterocycles. The Hall–Kier alpha value is -1.43. The molecule has 0 atom stereocenters. The van der Waals surface area contributed by atoms with Crippen LogP contribution in [0.5, 0.6) is 17.2 Å². The van der Waals surface area contributed by atoms with E-state index in [0.717, 1.165) is 10.0 Å². The number of methoxy groups -OCH3 is 1. The Morgan fingerprint density at radius 2 is 2.21 bits per heavy atom. The molecule has 5 nitrogen and oxygen atoms in total. The first-order valence-electron chi connectivity index (χ1n) is 6.00. The zero-order valence-corrected chi connectivity index (χ0v) is 12.2. The molecule has 0 bridgehead atoms. The standard InChI is InChI=1S/C13H15BrO5/c1-17-12-8(3-2-4-10(15)16)7-9-13(11(12)14)19-6-5-18-9/h7H,2-6H2,1H3,(H,15,16). The molecule has 0 fully saturated rings. The normalized spacial score (nSPS) is 13.2. The molecule has 1 heterocycles. The van der Waals surface area contributed by atoms with Gasteiger partial charge in [-0.25, -0.2) is 0 Å². The van der Waals surface area contributed by atoms with Crippen molar-refractivity contribution in [3.63, 3.8) is 0 Å². The van der Waals surface area contributed by atoms with Gasteiger partial charge in [-0.05, 0) is 40.4 Å². The van der Waals surface area contributed by atoms with Gasteiger partial charge in [-0.3, -0.25) is 4.79 Å². The van der Waals surface area contributed by atoms with Gasteiger partial charge in [0.1, 0.15) is 23.4 Å². The maximum Gasteiger partial charge on any atom is 0.303 e. The second-order valence-corrected chi connectivity index (χ2v) is 4.95. The third-order valence-corrected chi connectivity index (χ3v) is 3.57. The van der Waals surface area contributed by atoms with E-state index in [1.54, 1.807) is 7.11 Å². The second kappa shape index (κ2) is 6.14. The van der Waals surface area contributed by atoms with Crippen LogP contribution in [0.1, 0.15) is 18.4 Å². The van der Waals surface area contributed by atoms with Gasteiger partial charge >= 0.3 is 5.97 Å². The molecule has 0 aromatic heterocycles. The fraction of sp³-hybridized carbons (Fsp3) is 0.462. The van der Waals surface area contributed by atoms with Crippen molar-refractivity contribution >= 4 is 21.9 Å². The Labute approximate surface area is 119 Å². The summed E-state index contributed by atoms with van der Waals surface area (Å²) >= 11 is 3.45. The molecule has 6 heteroatoms. The Balaban J connectivity index is 2.26. The van der Waals surface area contributed by atoms with Gasteiger partial charge in [-0.1, -0.05) is 0 Å². The summed E-state index contributed by atoms with van der Waals surface area (Å²) in [4.78, 5) is 10.6. The average molecular weight is 331 g/mol. The van der Waals surface area contributed by atoms with Crippen molar-refractivity contribution in [2.45, 2.75) is 19.3 Å². The van der Waals surface area contributed by atoms with E-state index < -0.39 is 5.97 Å². The molecule has 1 aliphatic rings. The highest BCUT2D eigenvalue weighted by atomic mass is 79.9. The van der Waals surface area contributed by atoms with Gasteiger partial charge in [-0.2, -0.15) is 0 Å². The quantitative estimate of drug-likeness (QED) is 0.899. The van der Waals surface area contributed by atoms with Crippen LogP contribution in [0, 0.1) is 0 Å². The largest absolute Gasteiger partial charge is 0.495 e. The minimum atomic E-state index is -0.796. The highest BCUT2D eigenvalue weighted by Gasteiger charge is 2.22.